The van der Waals surface area contributed by atoms with E-state index in [1.54, 1.807) is 30.5 Å². The zero-order chi connectivity index (χ0) is 27.2. The van der Waals surface area contributed by atoms with E-state index in [4.69, 9.17) is 9.47 Å². The first-order valence-corrected chi connectivity index (χ1v) is 12.5. The van der Waals surface area contributed by atoms with Crippen molar-refractivity contribution in [2.24, 2.45) is 0 Å². The molecule has 11 nitrogen and oxygen atoms in total. The van der Waals surface area contributed by atoms with Crippen molar-refractivity contribution in [3.8, 4) is 33.6 Å². The molecule has 1 saturated heterocycles. The lowest BCUT2D eigenvalue weighted by atomic mass is 10.0. The number of hydrogen-bond donors (Lipinski definition) is 3. The summed E-state index contributed by atoms with van der Waals surface area (Å²) in [4.78, 5) is 40.9. The Bertz CT molecular complexity index is 1390. The lowest BCUT2D eigenvalue weighted by molar-refractivity contribution is -0.167. The molecule has 3 N–H and O–H groups in total. The zero-order valence-corrected chi connectivity index (χ0v) is 21.8. The Hall–Kier alpha value is -4.48. The molecule has 0 radical (unpaired) electrons. The number of H-pyrrole nitrogens is 2. The number of hydrogen-bond acceptors (Lipinski definition) is 7. The van der Waals surface area contributed by atoms with Gasteiger partial charge in [0.25, 0.3) is 0 Å². The van der Waals surface area contributed by atoms with Gasteiger partial charge in [0, 0.05) is 0 Å². The van der Waals surface area contributed by atoms with Crippen LogP contribution in [0.2, 0.25) is 0 Å². The highest BCUT2D eigenvalue weighted by molar-refractivity contribution is 5.82. The molecule has 202 valence electrons. The molecule has 2 aromatic heterocycles. The number of aromatic amines is 2. The summed E-state index contributed by atoms with van der Waals surface area (Å²) in [5.41, 5.74) is 6.04. The molecule has 2 aromatic carbocycles. The second-order valence-electron chi connectivity index (χ2n) is 9.29. The molecule has 1 aliphatic heterocycles. The molecule has 0 bridgehead atoms. The quantitative estimate of drug-likeness (QED) is 0.301. The minimum absolute atomic E-state index is 0.179. The maximum absolute atomic E-state index is 12.9. The molecule has 0 aliphatic carbocycles. The number of ether oxygens (including phenoxy) is 3. The summed E-state index contributed by atoms with van der Waals surface area (Å²) in [5, 5.41) is 2.43. The summed E-state index contributed by atoms with van der Waals surface area (Å²) in [5.74, 6) is -0.652. The Labute approximate surface area is 225 Å². The van der Waals surface area contributed by atoms with E-state index in [2.05, 4.69) is 66.4 Å². The van der Waals surface area contributed by atoms with Crippen LogP contribution in [0.3, 0.4) is 0 Å². The first-order valence-electron chi connectivity index (χ1n) is 12.5. The Morgan fingerprint density at radius 2 is 1.59 bits per heavy atom. The summed E-state index contributed by atoms with van der Waals surface area (Å²) >= 11 is 0. The topological polar surface area (TPSA) is 134 Å². The van der Waals surface area contributed by atoms with Crippen molar-refractivity contribution in [3.63, 3.8) is 0 Å². The van der Waals surface area contributed by atoms with Crippen molar-refractivity contribution in [2.75, 3.05) is 33.4 Å². The third-order valence-electron chi connectivity index (χ3n) is 6.49. The molecular formula is C28H30N6O5. The van der Waals surface area contributed by atoms with Crippen molar-refractivity contribution < 1.29 is 23.8 Å². The van der Waals surface area contributed by atoms with Crippen LogP contribution >= 0.6 is 0 Å². The van der Waals surface area contributed by atoms with E-state index < -0.39 is 11.9 Å². The largest absolute Gasteiger partial charge is 0.453 e. The number of carbonyl (C=O) groups excluding carboxylic acids is 2. The van der Waals surface area contributed by atoms with Crippen LogP contribution in [-0.4, -0.2) is 76.0 Å². The van der Waals surface area contributed by atoms with Crippen molar-refractivity contribution in [1.82, 2.24) is 30.2 Å². The Kier molecular flexibility index (Phi) is 7.71. The van der Waals surface area contributed by atoms with Crippen LogP contribution in [0.4, 0.5) is 4.79 Å². The standard InChI is InChI=1S/C28H30N6O5/c1-28(38-11-12-39-28)17-34(26(35)15-31-27(36)37-2)16-25-30-14-24(33-25)22-9-5-20(6-10-22)19-3-7-21(8-4-19)23-13-29-18-32-23/h3-10,13-14,18H,11-12,15-17H2,1-2H3,(H,29,32)(H,30,33)(H,31,36). The van der Waals surface area contributed by atoms with Crippen LogP contribution in [0, 0.1) is 0 Å². The molecule has 1 fully saturated rings. The normalized spacial score (nSPS) is 14.2. The maximum Gasteiger partial charge on any atom is 0.407 e. The van der Waals surface area contributed by atoms with Gasteiger partial charge < -0.3 is 34.4 Å². The molecule has 0 unspecified atom stereocenters. The van der Waals surface area contributed by atoms with Crippen LogP contribution in [0.1, 0.15) is 12.7 Å². The smallest absolute Gasteiger partial charge is 0.407 e. The van der Waals surface area contributed by atoms with E-state index in [1.807, 2.05) is 12.1 Å². The number of amides is 2. The van der Waals surface area contributed by atoms with Gasteiger partial charge in [-0.3, -0.25) is 4.79 Å². The van der Waals surface area contributed by atoms with Crippen molar-refractivity contribution >= 4 is 12.0 Å². The van der Waals surface area contributed by atoms with Gasteiger partial charge >= 0.3 is 6.09 Å². The van der Waals surface area contributed by atoms with E-state index in [1.165, 1.54) is 7.11 Å². The number of aromatic nitrogens is 4. The fourth-order valence-corrected chi connectivity index (χ4v) is 4.43. The molecule has 3 heterocycles. The van der Waals surface area contributed by atoms with Gasteiger partial charge in [-0.25, -0.2) is 14.8 Å². The SMILES string of the molecule is COC(=O)NCC(=O)N(Cc1ncc(-c2ccc(-c3ccc(-c4cnc[nH]4)cc3)cc2)[nH]1)CC1(C)OCCO1. The van der Waals surface area contributed by atoms with Gasteiger partial charge in [0.2, 0.25) is 5.91 Å². The third kappa shape index (κ3) is 6.33. The Balaban J connectivity index is 1.27. The van der Waals surface area contributed by atoms with Gasteiger partial charge in [0.15, 0.2) is 5.79 Å². The van der Waals surface area contributed by atoms with Crippen LogP contribution in [0.25, 0.3) is 33.6 Å². The number of carbonyl (C=O) groups is 2. The van der Waals surface area contributed by atoms with Gasteiger partial charge in [0.05, 0.1) is 63.5 Å². The molecule has 1 aliphatic rings. The predicted molar refractivity (Wildman–Crippen MR) is 143 cm³/mol. The average Bonchev–Trinajstić information content (AvgIpc) is 3.74. The van der Waals surface area contributed by atoms with E-state index in [0.717, 1.165) is 33.6 Å². The van der Waals surface area contributed by atoms with Gasteiger partial charge in [-0.05, 0) is 29.2 Å². The van der Waals surface area contributed by atoms with Crippen molar-refractivity contribution in [3.05, 3.63) is 73.1 Å². The molecule has 5 rings (SSSR count). The summed E-state index contributed by atoms with van der Waals surface area (Å²) in [6.45, 7) is 2.83. The number of rotatable bonds is 9. The Morgan fingerprint density at radius 1 is 0.974 bits per heavy atom. The molecule has 11 heteroatoms. The first-order chi connectivity index (χ1) is 18.9. The minimum Gasteiger partial charge on any atom is -0.453 e. The highest BCUT2D eigenvalue weighted by atomic mass is 16.7. The minimum atomic E-state index is -0.928. The van der Waals surface area contributed by atoms with Crippen LogP contribution in [0.5, 0.6) is 0 Å². The summed E-state index contributed by atoms with van der Waals surface area (Å²) in [6.07, 6.45) is 4.52. The van der Waals surface area contributed by atoms with Crippen LogP contribution in [-0.2, 0) is 25.5 Å². The summed E-state index contributed by atoms with van der Waals surface area (Å²) in [6, 6.07) is 16.5. The fraction of sp³-hybridized carbons (Fsp3) is 0.286. The molecule has 2 amide bonds. The predicted octanol–water partition coefficient (Wildman–Crippen LogP) is 3.58. The molecule has 4 aromatic rings. The van der Waals surface area contributed by atoms with E-state index >= 15 is 0 Å². The van der Waals surface area contributed by atoms with E-state index in [0.29, 0.717) is 19.0 Å². The van der Waals surface area contributed by atoms with Gasteiger partial charge in [-0.15, -0.1) is 0 Å². The van der Waals surface area contributed by atoms with Gasteiger partial charge in [0.1, 0.15) is 12.4 Å². The number of nitrogens with one attached hydrogen (secondary N) is 3. The second kappa shape index (κ2) is 11.5. The molecule has 39 heavy (non-hydrogen) atoms. The molecule has 0 atom stereocenters. The fourth-order valence-electron chi connectivity index (χ4n) is 4.43. The highest BCUT2D eigenvalue weighted by Crippen LogP contribution is 2.27. The van der Waals surface area contributed by atoms with Crippen LogP contribution < -0.4 is 5.32 Å². The number of benzene rings is 2. The van der Waals surface area contributed by atoms with E-state index in [9.17, 15) is 9.59 Å². The second-order valence-corrected chi connectivity index (χ2v) is 9.29. The van der Waals surface area contributed by atoms with E-state index in [-0.39, 0.29) is 25.5 Å². The highest BCUT2D eigenvalue weighted by Gasteiger charge is 2.35. The lowest BCUT2D eigenvalue weighted by Crippen LogP contribution is -2.47. The first kappa shape index (κ1) is 26.1. The molecular weight excluding hydrogens is 500 g/mol. The number of nitrogens with zero attached hydrogens (tertiary/aromatic N) is 3. The monoisotopic (exact) mass is 530 g/mol. The number of methoxy groups -OCH3 is 1. The third-order valence-corrected chi connectivity index (χ3v) is 6.49. The zero-order valence-electron chi connectivity index (χ0n) is 21.8. The van der Waals surface area contributed by atoms with Crippen molar-refractivity contribution in [2.45, 2.75) is 19.3 Å². The van der Waals surface area contributed by atoms with Gasteiger partial charge in [-0.2, -0.15) is 0 Å². The molecule has 0 saturated carbocycles. The maximum atomic E-state index is 12.9. The lowest BCUT2D eigenvalue weighted by Gasteiger charge is -2.30. The number of alkyl carbamates (subject to hydrolysis) is 1. The van der Waals surface area contributed by atoms with Gasteiger partial charge in [-0.1, -0.05) is 48.5 Å². The number of imidazole rings is 2. The average molecular weight is 531 g/mol. The summed E-state index contributed by atoms with van der Waals surface area (Å²) < 4.78 is 15.9. The van der Waals surface area contributed by atoms with Crippen molar-refractivity contribution in [1.29, 1.82) is 0 Å². The Morgan fingerprint density at radius 3 is 2.18 bits per heavy atom. The molecule has 0 spiro atoms. The summed E-state index contributed by atoms with van der Waals surface area (Å²) in [7, 11) is 1.24. The van der Waals surface area contributed by atoms with Crippen LogP contribution in [0.15, 0.2) is 67.3 Å².